The number of aryl methyl sites for hydroxylation is 1. The molecule has 1 aliphatic heterocycles. The zero-order valence-electron chi connectivity index (χ0n) is 18.6. The Balaban J connectivity index is 1.54. The molecule has 0 spiro atoms. The average Bonchev–Trinajstić information content (AvgIpc) is 2.82. The van der Waals surface area contributed by atoms with Gasteiger partial charge in [0.15, 0.2) is 6.61 Å². The first-order chi connectivity index (χ1) is 16.8. The van der Waals surface area contributed by atoms with Crippen molar-refractivity contribution in [3.8, 4) is 11.5 Å². The Morgan fingerprint density at radius 1 is 1.03 bits per heavy atom. The topological polar surface area (TPSA) is 125 Å². The summed E-state index contributed by atoms with van der Waals surface area (Å²) in [5.41, 5.74) is 1.89. The molecule has 0 atom stereocenters. The van der Waals surface area contributed by atoms with Crippen molar-refractivity contribution in [1.29, 1.82) is 0 Å². The number of carbonyl (C=O) groups is 4. The van der Waals surface area contributed by atoms with Crippen LogP contribution in [-0.4, -0.2) is 35.5 Å². The van der Waals surface area contributed by atoms with Crippen molar-refractivity contribution in [1.82, 2.24) is 5.32 Å². The largest absolute Gasteiger partial charge is 0.508 e. The third-order valence-corrected chi connectivity index (χ3v) is 5.09. The normalized spacial score (nSPS) is 14.6. The number of para-hydroxylation sites is 1. The van der Waals surface area contributed by atoms with Gasteiger partial charge >= 0.3 is 6.03 Å². The quantitative estimate of drug-likeness (QED) is 0.374. The van der Waals surface area contributed by atoms with E-state index in [1.54, 1.807) is 30.3 Å². The summed E-state index contributed by atoms with van der Waals surface area (Å²) in [7, 11) is 0. The molecule has 0 aliphatic carbocycles. The second kappa shape index (κ2) is 9.92. The van der Waals surface area contributed by atoms with Crippen molar-refractivity contribution in [2.75, 3.05) is 16.8 Å². The minimum atomic E-state index is -0.903. The average molecular weight is 471 g/mol. The first-order valence-electron chi connectivity index (χ1n) is 10.6. The van der Waals surface area contributed by atoms with Crippen molar-refractivity contribution in [2.45, 2.75) is 6.92 Å². The predicted molar refractivity (Wildman–Crippen MR) is 129 cm³/mol. The van der Waals surface area contributed by atoms with Gasteiger partial charge in [0.2, 0.25) is 0 Å². The molecular formula is C26H21N3O6. The summed E-state index contributed by atoms with van der Waals surface area (Å²) in [5.74, 6) is -1.84. The smallest absolute Gasteiger partial charge is 0.335 e. The Morgan fingerprint density at radius 2 is 1.77 bits per heavy atom. The van der Waals surface area contributed by atoms with Crippen LogP contribution in [0.5, 0.6) is 11.5 Å². The van der Waals surface area contributed by atoms with E-state index in [9.17, 15) is 24.3 Å². The number of carbonyl (C=O) groups excluding carboxylic acids is 4. The van der Waals surface area contributed by atoms with Crippen molar-refractivity contribution in [3.63, 3.8) is 0 Å². The summed E-state index contributed by atoms with van der Waals surface area (Å²) in [6, 6.07) is 18.4. The van der Waals surface area contributed by atoms with Gasteiger partial charge in [-0.15, -0.1) is 0 Å². The first-order valence-corrected chi connectivity index (χ1v) is 10.6. The Morgan fingerprint density at radius 3 is 2.51 bits per heavy atom. The third kappa shape index (κ3) is 5.36. The number of rotatable bonds is 6. The summed E-state index contributed by atoms with van der Waals surface area (Å²) in [5, 5.41) is 14.4. The number of ether oxygens (including phenoxy) is 1. The summed E-state index contributed by atoms with van der Waals surface area (Å²) in [4.78, 5) is 51.0. The minimum Gasteiger partial charge on any atom is -0.508 e. The molecule has 3 aromatic carbocycles. The lowest BCUT2D eigenvalue weighted by atomic mass is 10.1. The number of hydrogen-bond donors (Lipinski definition) is 3. The molecule has 1 saturated heterocycles. The van der Waals surface area contributed by atoms with Crippen LogP contribution in [0, 0.1) is 6.92 Å². The van der Waals surface area contributed by atoms with Gasteiger partial charge in [-0.05, 0) is 61.0 Å². The Labute approximate surface area is 200 Å². The van der Waals surface area contributed by atoms with Crippen molar-refractivity contribution in [3.05, 3.63) is 89.5 Å². The van der Waals surface area contributed by atoms with Gasteiger partial charge < -0.3 is 15.2 Å². The van der Waals surface area contributed by atoms with Crippen LogP contribution in [0.3, 0.4) is 0 Å². The molecule has 0 unspecified atom stereocenters. The Bertz CT molecular complexity index is 1350. The number of hydrogen-bond acceptors (Lipinski definition) is 6. The van der Waals surface area contributed by atoms with Crippen LogP contribution < -0.4 is 20.3 Å². The number of benzene rings is 3. The highest BCUT2D eigenvalue weighted by atomic mass is 16.5. The summed E-state index contributed by atoms with van der Waals surface area (Å²) in [6.07, 6.45) is 1.30. The van der Waals surface area contributed by atoms with Crippen LogP contribution in [-0.2, 0) is 14.4 Å². The van der Waals surface area contributed by atoms with Crippen LogP contribution in [0.15, 0.2) is 78.4 Å². The molecule has 176 valence electrons. The maximum Gasteiger partial charge on any atom is 0.335 e. The van der Waals surface area contributed by atoms with Crippen LogP contribution in [0.25, 0.3) is 6.08 Å². The van der Waals surface area contributed by atoms with Crippen molar-refractivity contribution >= 4 is 41.2 Å². The van der Waals surface area contributed by atoms with Crippen LogP contribution in [0.4, 0.5) is 16.2 Å². The number of amides is 5. The van der Waals surface area contributed by atoms with E-state index in [1.165, 1.54) is 30.3 Å². The van der Waals surface area contributed by atoms with Gasteiger partial charge in [-0.3, -0.25) is 19.7 Å². The fraction of sp³-hybridized carbons (Fsp3) is 0.0769. The van der Waals surface area contributed by atoms with Gasteiger partial charge in [-0.1, -0.05) is 30.3 Å². The van der Waals surface area contributed by atoms with Gasteiger partial charge in [-0.25, -0.2) is 9.69 Å². The number of barbiturate groups is 1. The fourth-order valence-electron chi connectivity index (χ4n) is 3.44. The molecule has 0 radical (unpaired) electrons. The minimum absolute atomic E-state index is 0.0389. The number of imide groups is 2. The van der Waals surface area contributed by atoms with E-state index in [0.29, 0.717) is 11.3 Å². The van der Waals surface area contributed by atoms with E-state index in [0.717, 1.165) is 10.5 Å². The molecule has 9 nitrogen and oxygen atoms in total. The molecular weight excluding hydrogens is 450 g/mol. The maximum atomic E-state index is 13.1. The Kier molecular flexibility index (Phi) is 6.59. The zero-order chi connectivity index (χ0) is 24.9. The van der Waals surface area contributed by atoms with Gasteiger partial charge in [0.05, 0.1) is 5.69 Å². The molecule has 9 heteroatoms. The molecule has 1 aliphatic rings. The van der Waals surface area contributed by atoms with Crippen LogP contribution in [0.2, 0.25) is 0 Å². The molecule has 3 N–H and O–H groups in total. The molecule has 5 amide bonds. The van der Waals surface area contributed by atoms with E-state index < -0.39 is 17.8 Å². The van der Waals surface area contributed by atoms with Gasteiger partial charge in [-0.2, -0.15) is 0 Å². The fourth-order valence-corrected chi connectivity index (χ4v) is 3.44. The summed E-state index contributed by atoms with van der Waals surface area (Å²) < 4.78 is 5.65. The number of anilines is 2. The zero-order valence-corrected chi connectivity index (χ0v) is 18.6. The molecule has 1 fully saturated rings. The van der Waals surface area contributed by atoms with Crippen molar-refractivity contribution in [2.24, 2.45) is 0 Å². The molecule has 0 saturated carbocycles. The lowest BCUT2D eigenvalue weighted by molar-refractivity contribution is -0.122. The number of phenolic OH excluding ortho intramolecular Hbond substituents is 1. The van der Waals surface area contributed by atoms with E-state index in [1.807, 2.05) is 25.1 Å². The Hall–Kier alpha value is -4.92. The highest BCUT2D eigenvalue weighted by Gasteiger charge is 2.37. The first kappa shape index (κ1) is 23.2. The number of phenols is 1. The van der Waals surface area contributed by atoms with Crippen molar-refractivity contribution < 1.29 is 29.0 Å². The number of urea groups is 1. The second-order valence-electron chi connectivity index (χ2n) is 7.72. The van der Waals surface area contributed by atoms with E-state index in [4.69, 9.17) is 4.74 Å². The highest BCUT2D eigenvalue weighted by Crippen LogP contribution is 2.26. The molecule has 3 aromatic rings. The van der Waals surface area contributed by atoms with Crippen LogP contribution in [0.1, 0.15) is 11.1 Å². The second-order valence-corrected chi connectivity index (χ2v) is 7.72. The maximum absolute atomic E-state index is 13.1. The van der Waals surface area contributed by atoms with E-state index in [2.05, 4.69) is 10.6 Å². The SMILES string of the molecule is Cc1cccc(NC(=O)COc2ccccc2/C=C2\C(=O)NC(=O)N(c3ccc(O)cc3)C2=O)c1. The lowest BCUT2D eigenvalue weighted by Crippen LogP contribution is -2.54. The van der Waals surface area contributed by atoms with E-state index in [-0.39, 0.29) is 35.3 Å². The molecule has 4 rings (SSSR count). The number of nitrogens with zero attached hydrogens (tertiary/aromatic N) is 1. The highest BCUT2D eigenvalue weighted by molar-refractivity contribution is 6.39. The van der Waals surface area contributed by atoms with Gasteiger partial charge in [0.1, 0.15) is 17.1 Å². The monoisotopic (exact) mass is 471 g/mol. The number of aromatic hydroxyl groups is 1. The molecule has 0 bridgehead atoms. The third-order valence-electron chi connectivity index (χ3n) is 5.09. The molecule has 35 heavy (non-hydrogen) atoms. The van der Waals surface area contributed by atoms with E-state index >= 15 is 0 Å². The molecule has 0 aromatic heterocycles. The van der Waals surface area contributed by atoms with Crippen LogP contribution >= 0.6 is 0 Å². The van der Waals surface area contributed by atoms with Gasteiger partial charge in [0, 0.05) is 11.3 Å². The summed E-state index contributed by atoms with van der Waals surface area (Å²) in [6.45, 7) is 1.61. The summed E-state index contributed by atoms with van der Waals surface area (Å²) >= 11 is 0. The lowest BCUT2D eigenvalue weighted by Gasteiger charge is -2.26. The molecule has 1 heterocycles. The predicted octanol–water partition coefficient (Wildman–Crippen LogP) is 3.38. The standard InChI is InChI=1S/C26H21N3O6/c1-16-5-4-7-18(13-16)27-23(31)15-35-22-8-3-2-6-17(22)14-21-24(32)28-26(34)29(25(21)33)19-9-11-20(30)12-10-19/h2-14,30H,15H2,1H3,(H,27,31)(H,28,32,34)/b21-14+. The number of nitrogens with one attached hydrogen (secondary N) is 2. The van der Waals surface area contributed by atoms with Gasteiger partial charge in [0.25, 0.3) is 17.7 Å².